The zero-order chi connectivity index (χ0) is 14.4. The predicted octanol–water partition coefficient (Wildman–Crippen LogP) is 1.60. The van der Waals surface area contributed by atoms with Crippen molar-refractivity contribution in [3.05, 3.63) is 29.3 Å². The summed E-state index contributed by atoms with van der Waals surface area (Å²) in [5, 5.41) is 0. The summed E-state index contributed by atoms with van der Waals surface area (Å²) >= 11 is 0. The van der Waals surface area contributed by atoms with Crippen LogP contribution in [0.1, 0.15) is 29.3 Å². The van der Waals surface area contributed by atoms with E-state index in [0.717, 1.165) is 12.0 Å². The number of benzene rings is 1. The van der Waals surface area contributed by atoms with Crippen LogP contribution in [0.3, 0.4) is 0 Å². The first-order chi connectivity index (χ1) is 8.99. The highest BCUT2D eigenvalue weighted by Crippen LogP contribution is 2.15. The second-order valence-electron chi connectivity index (χ2n) is 4.38. The van der Waals surface area contributed by atoms with E-state index in [1.165, 1.54) is 12.0 Å². The quantitative estimate of drug-likeness (QED) is 0.647. The lowest BCUT2D eigenvalue weighted by Crippen LogP contribution is -2.37. The molecule has 0 aliphatic heterocycles. The lowest BCUT2D eigenvalue weighted by molar-refractivity contribution is -0.141. The number of rotatable bonds is 5. The third kappa shape index (κ3) is 3.98. The van der Waals surface area contributed by atoms with Crippen LogP contribution in [0.5, 0.6) is 0 Å². The van der Waals surface area contributed by atoms with Crippen molar-refractivity contribution in [3.8, 4) is 0 Å². The summed E-state index contributed by atoms with van der Waals surface area (Å²) in [7, 11) is 1.31. The van der Waals surface area contributed by atoms with Gasteiger partial charge < -0.3 is 15.4 Å². The molecular formula is C14H20N2O3. The number of nitrogens with zero attached hydrogens (tertiary/aromatic N) is 1. The van der Waals surface area contributed by atoms with Gasteiger partial charge in [0, 0.05) is 17.8 Å². The lowest BCUT2D eigenvalue weighted by Gasteiger charge is -2.21. The molecule has 0 aromatic heterocycles. The highest BCUT2D eigenvalue weighted by atomic mass is 16.5. The Hall–Kier alpha value is -2.04. The zero-order valence-electron chi connectivity index (χ0n) is 11.6. The highest BCUT2D eigenvalue weighted by Gasteiger charge is 2.20. The second-order valence-corrected chi connectivity index (χ2v) is 4.38. The van der Waals surface area contributed by atoms with Gasteiger partial charge in [-0.15, -0.1) is 0 Å². The molecule has 0 saturated carbocycles. The zero-order valence-corrected chi connectivity index (χ0v) is 11.6. The minimum Gasteiger partial charge on any atom is -0.468 e. The van der Waals surface area contributed by atoms with Gasteiger partial charge in [0.2, 0.25) is 0 Å². The summed E-state index contributed by atoms with van der Waals surface area (Å²) in [5.74, 6) is -0.625. The van der Waals surface area contributed by atoms with Gasteiger partial charge in [0.1, 0.15) is 6.54 Å². The van der Waals surface area contributed by atoms with Crippen molar-refractivity contribution >= 4 is 17.6 Å². The van der Waals surface area contributed by atoms with Gasteiger partial charge in [0.15, 0.2) is 0 Å². The Morgan fingerprint density at radius 1 is 1.37 bits per heavy atom. The van der Waals surface area contributed by atoms with E-state index in [1.54, 1.807) is 18.2 Å². The van der Waals surface area contributed by atoms with Gasteiger partial charge in [0.05, 0.1) is 7.11 Å². The number of esters is 1. The maximum atomic E-state index is 12.4. The Balaban J connectivity index is 2.98. The van der Waals surface area contributed by atoms with Gasteiger partial charge in [-0.25, -0.2) is 0 Å². The fourth-order valence-electron chi connectivity index (χ4n) is 1.78. The normalized spacial score (nSPS) is 10.1. The van der Waals surface area contributed by atoms with Crippen LogP contribution in [0, 0.1) is 6.92 Å². The molecule has 1 amide bonds. The van der Waals surface area contributed by atoms with Crippen molar-refractivity contribution in [3.63, 3.8) is 0 Å². The fourth-order valence-corrected chi connectivity index (χ4v) is 1.78. The molecule has 1 aromatic rings. The Morgan fingerprint density at radius 2 is 2.05 bits per heavy atom. The van der Waals surface area contributed by atoms with E-state index < -0.39 is 5.97 Å². The van der Waals surface area contributed by atoms with Crippen LogP contribution in [0.25, 0.3) is 0 Å². The van der Waals surface area contributed by atoms with Gasteiger partial charge >= 0.3 is 5.97 Å². The van der Waals surface area contributed by atoms with Crippen LogP contribution in [0.15, 0.2) is 18.2 Å². The first-order valence-electron chi connectivity index (χ1n) is 6.21. The number of hydrogen-bond acceptors (Lipinski definition) is 4. The van der Waals surface area contributed by atoms with Crippen molar-refractivity contribution in [1.29, 1.82) is 0 Å². The molecule has 0 heterocycles. The van der Waals surface area contributed by atoms with Crippen LogP contribution in [0.4, 0.5) is 5.69 Å². The van der Waals surface area contributed by atoms with Crippen LogP contribution in [-0.2, 0) is 9.53 Å². The van der Waals surface area contributed by atoms with Crippen LogP contribution >= 0.6 is 0 Å². The molecule has 19 heavy (non-hydrogen) atoms. The predicted molar refractivity (Wildman–Crippen MR) is 73.8 cm³/mol. The molecule has 0 aliphatic carbocycles. The fraction of sp³-hybridized carbons (Fsp3) is 0.429. The number of carbonyl (C=O) groups is 2. The lowest BCUT2D eigenvalue weighted by atomic mass is 10.1. The number of nitrogen functional groups attached to an aromatic ring is 1. The van der Waals surface area contributed by atoms with Crippen LogP contribution in [-0.4, -0.2) is 37.0 Å². The summed E-state index contributed by atoms with van der Waals surface area (Å²) in [5.41, 5.74) is 7.60. The maximum Gasteiger partial charge on any atom is 0.325 e. The van der Waals surface area contributed by atoms with E-state index in [1.807, 2.05) is 13.8 Å². The van der Waals surface area contributed by atoms with Gasteiger partial charge in [-0.1, -0.05) is 13.0 Å². The number of ether oxygens (including phenoxy) is 1. The number of methoxy groups -OCH3 is 1. The van der Waals surface area contributed by atoms with Gasteiger partial charge in [0.25, 0.3) is 5.91 Å². The molecule has 0 bridgehead atoms. The number of amides is 1. The Bertz CT molecular complexity index is 472. The Labute approximate surface area is 113 Å². The summed E-state index contributed by atoms with van der Waals surface area (Å²) in [6, 6.07) is 5.18. The summed E-state index contributed by atoms with van der Waals surface area (Å²) in [6.07, 6.45) is 0.768. The Morgan fingerprint density at radius 3 is 2.63 bits per heavy atom. The number of carbonyl (C=O) groups excluding carboxylic acids is 2. The maximum absolute atomic E-state index is 12.4. The SMILES string of the molecule is CCCN(CC(=O)OC)C(=O)c1cc(N)ccc1C. The van der Waals surface area contributed by atoms with Gasteiger partial charge in [-0.05, 0) is 31.0 Å². The third-order valence-corrected chi connectivity index (χ3v) is 2.82. The first kappa shape index (κ1) is 15.0. The molecule has 0 aliphatic rings. The van der Waals surface area contributed by atoms with E-state index in [9.17, 15) is 9.59 Å². The molecule has 1 rings (SSSR count). The molecule has 0 spiro atoms. The topological polar surface area (TPSA) is 72.6 Å². The average molecular weight is 264 g/mol. The van der Waals surface area contributed by atoms with E-state index in [2.05, 4.69) is 4.74 Å². The molecule has 5 nitrogen and oxygen atoms in total. The minimum absolute atomic E-state index is 0.0442. The number of hydrogen-bond donors (Lipinski definition) is 1. The van der Waals surface area contributed by atoms with E-state index in [4.69, 9.17) is 5.73 Å². The van der Waals surface area contributed by atoms with Crippen molar-refractivity contribution in [2.24, 2.45) is 0 Å². The Kier molecular flexibility index (Phi) is 5.36. The average Bonchev–Trinajstić information content (AvgIpc) is 2.40. The van der Waals surface area contributed by atoms with Crippen molar-refractivity contribution in [1.82, 2.24) is 4.90 Å². The summed E-state index contributed by atoms with van der Waals surface area (Å²) in [6.45, 7) is 4.25. The molecule has 2 N–H and O–H groups in total. The second kappa shape index (κ2) is 6.78. The smallest absolute Gasteiger partial charge is 0.325 e. The monoisotopic (exact) mass is 264 g/mol. The summed E-state index contributed by atoms with van der Waals surface area (Å²) in [4.78, 5) is 25.2. The van der Waals surface area contributed by atoms with E-state index in [-0.39, 0.29) is 12.5 Å². The van der Waals surface area contributed by atoms with E-state index >= 15 is 0 Å². The number of nitrogens with two attached hydrogens (primary N) is 1. The number of anilines is 1. The molecule has 104 valence electrons. The summed E-state index contributed by atoms with van der Waals surface area (Å²) < 4.78 is 4.61. The van der Waals surface area contributed by atoms with Crippen molar-refractivity contribution in [2.75, 3.05) is 25.9 Å². The molecule has 0 saturated heterocycles. The molecular weight excluding hydrogens is 244 g/mol. The number of aryl methyl sites for hydroxylation is 1. The third-order valence-electron chi connectivity index (χ3n) is 2.82. The molecule has 1 aromatic carbocycles. The first-order valence-corrected chi connectivity index (χ1v) is 6.21. The molecule has 5 heteroatoms. The molecule has 0 fully saturated rings. The largest absolute Gasteiger partial charge is 0.468 e. The van der Waals surface area contributed by atoms with Gasteiger partial charge in [-0.3, -0.25) is 9.59 Å². The van der Waals surface area contributed by atoms with Crippen molar-refractivity contribution < 1.29 is 14.3 Å². The minimum atomic E-state index is -0.427. The highest BCUT2D eigenvalue weighted by molar-refractivity contribution is 5.98. The molecule has 0 unspecified atom stereocenters. The van der Waals surface area contributed by atoms with Crippen LogP contribution in [0.2, 0.25) is 0 Å². The standard InChI is InChI=1S/C14H20N2O3/c1-4-7-16(9-13(17)19-3)14(18)12-8-11(15)6-5-10(12)2/h5-6,8H,4,7,9,15H2,1-3H3. The van der Waals surface area contributed by atoms with Gasteiger partial charge in [-0.2, -0.15) is 0 Å². The van der Waals surface area contributed by atoms with E-state index in [0.29, 0.717) is 17.8 Å². The molecule has 0 radical (unpaired) electrons. The van der Waals surface area contributed by atoms with Crippen LogP contribution < -0.4 is 5.73 Å². The van der Waals surface area contributed by atoms with Crippen molar-refractivity contribution in [2.45, 2.75) is 20.3 Å². The molecule has 0 atom stereocenters.